The number of rotatable bonds is 13. The molecule has 3 rings (SSSR count). The SMILES string of the molecule is Cn1c(=O)n(C2CCC(=O)NC2=O)c2cccc(CCCOCCCOCCCNC(=O)N=O)c21. The van der Waals surface area contributed by atoms with E-state index in [4.69, 9.17) is 9.47 Å². The van der Waals surface area contributed by atoms with Crippen molar-refractivity contribution in [2.24, 2.45) is 12.2 Å². The second kappa shape index (κ2) is 12.9. The fraction of sp³-hybridized carbons (Fsp3) is 0.565. The molecule has 4 amide bonds. The monoisotopic (exact) mass is 489 g/mol. The number of benzene rings is 1. The maximum Gasteiger partial charge on any atom is 0.378 e. The van der Waals surface area contributed by atoms with E-state index in [1.807, 2.05) is 18.2 Å². The lowest BCUT2D eigenvalue weighted by molar-refractivity contribution is -0.135. The highest BCUT2D eigenvalue weighted by atomic mass is 16.5. The van der Waals surface area contributed by atoms with E-state index in [0.717, 1.165) is 23.9 Å². The number of piperidine rings is 1. The van der Waals surface area contributed by atoms with Crippen LogP contribution < -0.4 is 16.3 Å². The molecule has 190 valence electrons. The topological polar surface area (TPSA) is 150 Å². The van der Waals surface area contributed by atoms with Gasteiger partial charge in [0.2, 0.25) is 11.8 Å². The summed E-state index contributed by atoms with van der Waals surface area (Å²) in [7, 11) is 1.69. The number of fused-ring (bicyclic) bond motifs is 1. The van der Waals surface area contributed by atoms with Gasteiger partial charge in [-0.1, -0.05) is 12.1 Å². The van der Waals surface area contributed by atoms with E-state index in [-0.39, 0.29) is 18.0 Å². The van der Waals surface area contributed by atoms with Crippen LogP contribution in [-0.2, 0) is 32.5 Å². The number of nitrogens with one attached hydrogen (secondary N) is 2. The van der Waals surface area contributed by atoms with Crippen LogP contribution in [0.3, 0.4) is 0 Å². The Morgan fingerprint density at radius 1 is 1.11 bits per heavy atom. The Kier molecular flexibility index (Phi) is 9.67. The third-order valence-corrected chi connectivity index (χ3v) is 5.84. The molecular formula is C23H31N5O7. The molecule has 1 aliphatic heterocycles. The molecule has 1 fully saturated rings. The number of hydrogen-bond donors (Lipinski definition) is 2. The molecule has 2 aromatic rings. The van der Waals surface area contributed by atoms with Gasteiger partial charge in [0.25, 0.3) is 0 Å². The van der Waals surface area contributed by atoms with E-state index in [1.165, 1.54) is 4.57 Å². The number of imide groups is 1. The van der Waals surface area contributed by atoms with Crippen LogP contribution in [-0.4, -0.2) is 60.0 Å². The Balaban J connectivity index is 1.43. The summed E-state index contributed by atoms with van der Waals surface area (Å²) in [6.45, 7) is 2.47. The van der Waals surface area contributed by atoms with Crippen molar-refractivity contribution < 1.29 is 23.9 Å². The average Bonchev–Trinajstić information content (AvgIpc) is 3.10. The van der Waals surface area contributed by atoms with Crippen molar-refractivity contribution in [1.29, 1.82) is 0 Å². The number of urea groups is 1. The molecule has 1 atom stereocenters. The van der Waals surface area contributed by atoms with E-state index >= 15 is 0 Å². The lowest BCUT2D eigenvalue weighted by Gasteiger charge is -2.21. The first-order valence-corrected chi connectivity index (χ1v) is 11.7. The van der Waals surface area contributed by atoms with Crippen molar-refractivity contribution in [3.05, 3.63) is 39.2 Å². The van der Waals surface area contributed by atoms with Crippen LogP contribution >= 0.6 is 0 Å². The molecule has 0 aliphatic carbocycles. The number of hydrogen-bond acceptors (Lipinski definition) is 7. The molecule has 1 saturated heterocycles. The fourth-order valence-electron chi connectivity index (χ4n) is 4.18. The van der Waals surface area contributed by atoms with Crippen LogP contribution in [0.25, 0.3) is 11.0 Å². The number of ether oxygens (including phenoxy) is 2. The van der Waals surface area contributed by atoms with Crippen molar-refractivity contribution in [1.82, 2.24) is 19.8 Å². The maximum absolute atomic E-state index is 13.0. The Hall–Kier alpha value is -3.38. The molecule has 1 aliphatic rings. The number of carbonyl (C=O) groups excluding carboxylic acids is 3. The highest BCUT2D eigenvalue weighted by molar-refractivity contribution is 6.00. The Bertz CT molecular complexity index is 1120. The lowest BCUT2D eigenvalue weighted by Crippen LogP contribution is -2.44. The molecular weight excluding hydrogens is 458 g/mol. The van der Waals surface area contributed by atoms with E-state index < -0.39 is 18.0 Å². The summed E-state index contributed by atoms with van der Waals surface area (Å²) < 4.78 is 14.2. The molecule has 35 heavy (non-hydrogen) atoms. The largest absolute Gasteiger partial charge is 0.381 e. The van der Waals surface area contributed by atoms with E-state index in [9.17, 15) is 24.1 Å². The number of amides is 4. The summed E-state index contributed by atoms with van der Waals surface area (Å²) in [5.74, 6) is -0.758. The maximum atomic E-state index is 13.0. The van der Waals surface area contributed by atoms with Crippen LogP contribution in [0.15, 0.2) is 28.2 Å². The normalized spacial score (nSPS) is 15.9. The minimum Gasteiger partial charge on any atom is -0.381 e. The van der Waals surface area contributed by atoms with Crippen molar-refractivity contribution in [2.45, 2.75) is 44.6 Å². The summed E-state index contributed by atoms with van der Waals surface area (Å²) in [5.41, 5.74) is 2.19. The third kappa shape index (κ3) is 6.83. The van der Waals surface area contributed by atoms with Gasteiger partial charge in [-0.3, -0.25) is 24.0 Å². The molecule has 1 unspecified atom stereocenters. The quantitative estimate of drug-likeness (QED) is 0.246. The summed E-state index contributed by atoms with van der Waals surface area (Å²) in [6, 6.07) is 4.10. The molecule has 2 N–H and O–H groups in total. The molecule has 0 bridgehead atoms. The van der Waals surface area contributed by atoms with Gasteiger partial charge in [0.05, 0.1) is 11.0 Å². The molecule has 0 spiro atoms. The highest BCUT2D eigenvalue weighted by Gasteiger charge is 2.31. The number of nitrogens with zero attached hydrogens (tertiary/aromatic N) is 3. The van der Waals surface area contributed by atoms with Crippen molar-refractivity contribution in [3.8, 4) is 0 Å². The fourth-order valence-corrected chi connectivity index (χ4v) is 4.18. The minimum atomic E-state index is -0.872. The number of aryl methyl sites for hydroxylation is 2. The van der Waals surface area contributed by atoms with Gasteiger partial charge >= 0.3 is 11.7 Å². The summed E-state index contributed by atoms with van der Waals surface area (Å²) in [4.78, 5) is 57.4. The van der Waals surface area contributed by atoms with Gasteiger partial charge in [0, 0.05) is 51.6 Å². The predicted octanol–water partition coefficient (Wildman–Crippen LogP) is 1.54. The zero-order chi connectivity index (χ0) is 25.2. The molecule has 12 heteroatoms. The first-order valence-electron chi connectivity index (χ1n) is 11.7. The molecule has 1 aromatic carbocycles. The number of nitroso groups, excluding NO2 is 1. The lowest BCUT2D eigenvalue weighted by atomic mass is 10.0. The molecule has 12 nitrogen and oxygen atoms in total. The van der Waals surface area contributed by atoms with Crippen LogP contribution in [0.1, 0.15) is 43.7 Å². The average molecular weight is 490 g/mol. The van der Waals surface area contributed by atoms with Crippen LogP contribution in [0.2, 0.25) is 0 Å². The van der Waals surface area contributed by atoms with Gasteiger partial charge in [0.15, 0.2) is 0 Å². The van der Waals surface area contributed by atoms with E-state index in [0.29, 0.717) is 57.8 Å². The standard InChI is InChI=1S/C23H31N5O7/c1-27-20-16(7-3-12-34-14-5-15-35-13-4-11-24-22(31)26-33)6-2-8-17(20)28(23(27)32)18-9-10-19(29)25-21(18)30/h2,6,8,18H,3-5,7,9-15H2,1H3,(H,24,31)(H,25,29,30). The van der Waals surface area contributed by atoms with Gasteiger partial charge < -0.3 is 14.8 Å². The minimum absolute atomic E-state index is 0.207. The second-order valence-corrected chi connectivity index (χ2v) is 8.32. The second-order valence-electron chi connectivity index (χ2n) is 8.32. The number of imidazole rings is 1. The molecule has 2 heterocycles. The third-order valence-electron chi connectivity index (χ3n) is 5.84. The van der Waals surface area contributed by atoms with Crippen molar-refractivity contribution in [3.63, 3.8) is 0 Å². The van der Waals surface area contributed by atoms with Gasteiger partial charge in [-0.15, -0.1) is 4.91 Å². The number of aromatic nitrogens is 2. The van der Waals surface area contributed by atoms with Gasteiger partial charge in [0.1, 0.15) is 6.04 Å². The van der Waals surface area contributed by atoms with Crippen LogP contribution in [0.4, 0.5) is 4.79 Å². The molecule has 1 aromatic heterocycles. The Morgan fingerprint density at radius 3 is 2.54 bits per heavy atom. The molecule has 0 radical (unpaired) electrons. The van der Waals surface area contributed by atoms with Gasteiger partial charge in [-0.25, -0.2) is 9.59 Å². The summed E-state index contributed by atoms with van der Waals surface area (Å²) in [5, 5.41) is 6.90. The smallest absolute Gasteiger partial charge is 0.378 e. The Labute approximate surface area is 201 Å². The first kappa shape index (κ1) is 26.2. The van der Waals surface area contributed by atoms with Crippen LogP contribution in [0, 0.1) is 4.91 Å². The number of para-hydroxylation sites is 1. The van der Waals surface area contributed by atoms with E-state index in [1.54, 1.807) is 11.6 Å². The van der Waals surface area contributed by atoms with Gasteiger partial charge in [-0.2, -0.15) is 0 Å². The number of carbonyl (C=O) groups is 3. The molecule has 0 saturated carbocycles. The first-order chi connectivity index (χ1) is 16.9. The van der Waals surface area contributed by atoms with Crippen LogP contribution in [0.5, 0.6) is 0 Å². The Morgan fingerprint density at radius 2 is 1.83 bits per heavy atom. The highest BCUT2D eigenvalue weighted by Crippen LogP contribution is 2.25. The predicted molar refractivity (Wildman–Crippen MR) is 127 cm³/mol. The van der Waals surface area contributed by atoms with Crippen molar-refractivity contribution >= 4 is 28.9 Å². The van der Waals surface area contributed by atoms with Crippen molar-refractivity contribution in [2.75, 3.05) is 33.0 Å². The summed E-state index contributed by atoms with van der Waals surface area (Å²) in [6.07, 6.45) is 3.32. The zero-order valence-corrected chi connectivity index (χ0v) is 19.8. The van der Waals surface area contributed by atoms with Gasteiger partial charge in [-0.05, 0) is 43.7 Å². The van der Waals surface area contributed by atoms with E-state index in [2.05, 4.69) is 15.8 Å². The zero-order valence-electron chi connectivity index (χ0n) is 19.8. The summed E-state index contributed by atoms with van der Waals surface area (Å²) >= 11 is 0.